The maximum absolute atomic E-state index is 14.4. The van der Waals surface area contributed by atoms with Crippen molar-refractivity contribution in [3.63, 3.8) is 0 Å². The number of likely N-dealkylation sites (tertiary alicyclic amines) is 3. The van der Waals surface area contributed by atoms with Gasteiger partial charge in [-0.05, 0) is 116 Å². The number of hydrogen-bond donors (Lipinski definition) is 0. The van der Waals surface area contributed by atoms with Gasteiger partial charge in [0, 0.05) is 56.3 Å². The number of nitrogens with zero attached hydrogens (tertiary/aromatic N) is 6. The molecule has 308 valence electrons. The first-order valence-electron chi connectivity index (χ1n) is 22.2. The van der Waals surface area contributed by atoms with Gasteiger partial charge in [-0.25, -0.2) is 0 Å². The first-order chi connectivity index (χ1) is 29.4. The maximum atomic E-state index is 14.4. The second-order valence-corrected chi connectivity index (χ2v) is 17.6. The van der Waals surface area contributed by atoms with Crippen LogP contribution in [0.4, 0.5) is 0 Å². The second-order valence-electron chi connectivity index (χ2n) is 17.6. The lowest BCUT2D eigenvalue weighted by molar-refractivity contribution is -0.137. The molecule has 4 aromatic carbocycles. The summed E-state index contributed by atoms with van der Waals surface area (Å²) < 4.78 is 0. The summed E-state index contributed by atoms with van der Waals surface area (Å²) in [6, 6.07) is 36.2. The van der Waals surface area contributed by atoms with Gasteiger partial charge in [-0.15, -0.1) is 0 Å². The van der Waals surface area contributed by atoms with E-state index in [1.54, 1.807) is 0 Å². The molecule has 5 aliphatic rings. The van der Waals surface area contributed by atoms with Crippen LogP contribution >= 0.6 is 0 Å². The summed E-state index contributed by atoms with van der Waals surface area (Å²) in [5.41, 5.74) is 12.8. The van der Waals surface area contributed by atoms with Crippen molar-refractivity contribution >= 4 is 34.4 Å². The standard InChI is InChI=1S/C52H58N6O2/c1-55(2)36-43-16-8-7-15-42(43)33-50(59)57-29-11-17-48(57)46-31-44(34-53-46)39-23-19-37(20-24-39)38-21-25-40(26-22-38)45-32-47(54-35-45)49-18-12-30-58(49)52(60)51(41-13-5-3-6-14-41)56-27-9-4-10-28-56/h3,5-8,13-16,19-26,34-35,48-49,51H,4,9-12,17-18,27-33,36H2,1-2H3/t48-,49-,51+/m0/s1. The van der Waals surface area contributed by atoms with Crippen molar-refractivity contribution in [2.24, 2.45) is 9.98 Å². The Labute approximate surface area is 356 Å². The zero-order chi connectivity index (χ0) is 41.0. The number of rotatable bonds is 12. The fourth-order valence-electron chi connectivity index (χ4n) is 10.2. The van der Waals surface area contributed by atoms with E-state index in [0.29, 0.717) is 6.42 Å². The van der Waals surface area contributed by atoms with Crippen LogP contribution in [-0.2, 0) is 22.6 Å². The normalized spacial score (nSPS) is 21.2. The molecule has 60 heavy (non-hydrogen) atoms. The first kappa shape index (κ1) is 40.0. The predicted octanol–water partition coefficient (Wildman–Crippen LogP) is 9.24. The molecule has 0 aromatic heterocycles. The average molecular weight is 799 g/mol. The average Bonchev–Trinajstić information content (AvgIpc) is 4.13. The number of aliphatic imine (C=N–C) groups is 2. The Bertz CT molecular complexity index is 2300. The highest BCUT2D eigenvalue weighted by Crippen LogP contribution is 2.36. The second kappa shape index (κ2) is 18.0. The third-order valence-electron chi connectivity index (χ3n) is 13.3. The van der Waals surface area contributed by atoms with E-state index >= 15 is 0 Å². The Kier molecular flexibility index (Phi) is 12.0. The van der Waals surface area contributed by atoms with Gasteiger partial charge < -0.3 is 14.7 Å². The minimum atomic E-state index is -0.226. The highest BCUT2D eigenvalue weighted by Gasteiger charge is 2.40. The molecule has 3 atom stereocenters. The number of carbonyl (C=O) groups excluding carboxylic acids is 2. The number of amides is 2. The Morgan fingerprint density at radius 1 is 0.600 bits per heavy atom. The van der Waals surface area contributed by atoms with E-state index < -0.39 is 0 Å². The van der Waals surface area contributed by atoms with Crippen LogP contribution in [0.3, 0.4) is 0 Å². The molecule has 0 N–H and O–H groups in total. The summed E-state index contributed by atoms with van der Waals surface area (Å²) in [6.45, 7) is 4.36. The maximum Gasteiger partial charge on any atom is 0.245 e. The van der Waals surface area contributed by atoms with Gasteiger partial charge in [-0.1, -0.05) is 110 Å². The van der Waals surface area contributed by atoms with Crippen LogP contribution < -0.4 is 0 Å². The molecule has 3 saturated heterocycles. The van der Waals surface area contributed by atoms with Crippen molar-refractivity contribution < 1.29 is 9.59 Å². The molecular formula is C52H58N6O2. The summed E-state index contributed by atoms with van der Waals surface area (Å²) in [5.74, 6) is 0.426. The Balaban J connectivity index is 0.798. The molecule has 0 aliphatic carbocycles. The lowest BCUT2D eigenvalue weighted by atomic mass is 9.94. The van der Waals surface area contributed by atoms with E-state index in [1.165, 1.54) is 45.4 Å². The summed E-state index contributed by atoms with van der Waals surface area (Å²) in [7, 11) is 4.13. The van der Waals surface area contributed by atoms with Crippen molar-refractivity contribution in [2.45, 2.75) is 88.9 Å². The molecule has 5 heterocycles. The Morgan fingerprint density at radius 3 is 1.70 bits per heavy atom. The van der Waals surface area contributed by atoms with Crippen LogP contribution in [0.15, 0.2) is 126 Å². The van der Waals surface area contributed by atoms with E-state index in [9.17, 15) is 9.59 Å². The van der Waals surface area contributed by atoms with E-state index in [1.807, 2.05) is 24.5 Å². The topological polar surface area (TPSA) is 71.8 Å². The van der Waals surface area contributed by atoms with Gasteiger partial charge in [-0.3, -0.25) is 24.5 Å². The molecule has 0 bridgehead atoms. The number of benzene rings is 4. The molecule has 0 saturated carbocycles. The summed E-state index contributed by atoms with van der Waals surface area (Å²) in [6.07, 6.45) is 13.5. The molecule has 4 aromatic rings. The Morgan fingerprint density at radius 2 is 1.12 bits per heavy atom. The van der Waals surface area contributed by atoms with Crippen LogP contribution in [0.1, 0.15) is 91.6 Å². The van der Waals surface area contributed by atoms with Crippen LogP contribution in [0, 0.1) is 0 Å². The minimum Gasteiger partial charge on any atom is -0.334 e. The molecule has 0 unspecified atom stereocenters. The monoisotopic (exact) mass is 798 g/mol. The predicted molar refractivity (Wildman–Crippen MR) is 244 cm³/mol. The summed E-state index contributed by atoms with van der Waals surface area (Å²) in [4.78, 5) is 46.7. The van der Waals surface area contributed by atoms with Crippen LogP contribution in [0.25, 0.3) is 22.3 Å². The molecule has 0 radical (unpaired) electrons. The van der Waals surface area contributed by atoms with Gasteiger partial charge in [0.05, 0.1) is 18.5 Å². The SMILES string of the molecule is CN(C)Cc1ccccc1CC(=O)N1CCC[C@H]1C1=NC=C(c2ccc(-c3ccc(C4=CN=C([C@@H]5CCCN5C(=O)[C@@H](c5ccccc5)N5CCCCC5)C4)cc3)cc2)C1. The molecule has 9 rings (SSSR count). The highest BCUT2D eigenvalue weighted by molar-refractivity contribution is 6.04. The molecule has 5 aliphatic heterocycles. The van der Waals surface area contributed by atoms with Crippen LogP contribution in [0.2, 0.25) is 0 Å². The van der Waals surface area contributed by atoms with E-state index in [0.717, 1.165) is 107 Å². The van der Waals surface area contributed by atoms with Gasteiger partial charge in [-0.2, -0.15) is 0 Å². The van der Waals surface area contributed by atoms with Gasteiger partial charge in [0.25, 0.3) is 0 Å². The van der Waals surface area contributed by atoms with Crippen molar-refractivity contribution in [3.05, 3.63) is 143 Å². The molecule has 8 nitrogen and oxygen atoms in total. The number of carbonyl (C=O) groups is 2. The van der Waals surface area contributed by atoms with Crippen molar-refractivity contribution in [3.8, 4) is 11.1 Å². The van der Waals surface area contributed by atoms with Crippen molar-refractivity contribution in [1.82, 2.24) is 19.6 Å². The number of hydrogen-bond acceptors (Lipinski definition) is 6. The fourth-order valence-corrected chi connectivity index (χ4v) is 10.2. The molecule has 3 fully saturated rings. The summed E-state index contributed by atoms with van der Waals surface area (Å²) in [5, 5.41) is 0. The summed E-state index contributed by atoms with van der Waals surface area (Å²) >= 11 is 0. The zero-order valence-electron chi connectivity index (χ0n) is 35.3. The largest absolute Gasteiger partial charge is 0.334 e. The molecule has 8 heteroatoms. The zero-order valence-corrected chi connectivity index (χ0v) is 35.3. The van der Waals surface area contributed by atoms with Crippen LogP contribution in [-0.4, -0.2) is 95.2 Å². The number of allylic oxidation sites excluding steroid dienone is 2. The van der Waals surface area contributed by atoms with Gasteiger partial charge in [0.15, 0.2) is 0 Å². The highest BCUT2D eigenvalue weighted by atomic mass is 16.2. The van der Waals surface area contributed by atoms with Crippen LogP contribution in [0.5, 0.6) is 0 Å². The minimum absolute atomic E-state index is 0.0531. The van der Waals surface area contributed by atoms with E-state index in [2.05, 4.69) is 125 Å². The quantitative estimate of drug-likeness (QED) is 0.143. The third-order valence-corrected chi connectivity index (χ3v) is 13.3. The third kappa shape index (κ3) is 8.59. The molecule has 2 amide bonds. The smallest absolute Gasteiger partial charge is 0.245 e. The number of piperidine rings is 1. The fraction of sp³-hybridized carbons (Fsp3) is 0.385. The first-order valence-corrected chi connectivity index (χ1v) is 22.2. The van der Waals surface area contributed by atoms with Gasteiger partial charge >= 0.3 is 0 Å². The molecule has 0 spiro atoms. The van der Waals surface area contributed by atoms with E-state index in [-0.39, 0.29) is 29.9 Å². The Hall–Kier alpha value is -5.44. The van der Waals surface area contributed by atoms with Gasteiger partial charge in [0.1, 0.15) is 6.04 Å². The van der Waals surface area contributed by atoms with Crippen molar-refractivity contribution in [1.29, 1.82) is 0 Å². The van der Waals surface area contributed by atoms with Gasteiger partial charge in [0.2, 0.25) is 11.8 Å². The molecular weight excluding hydrogens is 741 g/mol. The lowest BCUT2D eigenvalue weighted by Gasteiger charge is -2.37. The lowest BCUT2D eigenvalue weighted by Crippen LogP contribution is -2.48. The van der Waals surface area contributed by atoms with E-state index in [4.69, 9.17) is 9.98 Å². The van der Waals surface area contributed by atoms with Crippen molar-refractivity contribution in [2.75, 3.05) is 40.3 Å².